The molecule has 1 fully saturated rings. The molecule has 0 saturated carbocycles. The Morgan fingerprint density at radius 3 is 2.54 bits per heavy atom. The van der Waals surface area contributed by atoms with Crippen LogP contribution in [0.3, 0.4) is 0 Å². The molecular weight excluding hydrogens is 451 g/mol. The number of hydrogen-bond donors (Lipinski definition) is 3. The van der Waals surface area contributed by atoms with E-state index in [4.69, 9.17) is 4.74 Å². The van der Waals surface area contributed by atoms with Gasteiger partial charge in [-0.1, -0.05) is 12.1 Å². The van der Waals surface area contributed by atoms with E-state index >= 15 is 0 Å². The Hall–Kier alpha value is -4.08. The summed E-state index contributed by atoms with van der Waals surface area (Å²) >= 11 is 0. The molecule has 9 heteroatoms. The Morgan fingerprint density at radius 1 is 1.09 bits per heavy atom. The Balaban J connectivity index is 1.74. The molecule has 3 N–H and O–H groups in total. The number of fused-ring (bicyclic) bond motifs is 2. The van der Waals surface area contributed by atoms with Crippen LogP contribution in [0.5, 0.6) is 0 Å². The van der Waals surface area contributed by atoms with Crippen molar-refractivity contribution in [2.45, 2.75) is 18.4 Å². The number of benzene rings is 2. The van der Waals surface area contributed by atoms with E-state index in [0.29, 0.717) is 37.6 Å². The van der Waals surface area contributed by atoms with E-state index in [0.717, 1.165) is 39.1 Å². The Bertz CT molecular complexity index is 1570. The second-order valence-corrected chi connectivity index (χ2v) is 8.75. The number of ether oxygens (including phenoxy) is 1. The summed E-state index contributed by atoms with van der Waals surface area (Å²) in [6.45, 7) is 0.772. The second kappa shape index (κ2) is 8.00. The number of nitrogens with zero attached hydrogens (tertiary/aromatic N) is 3. The molecule has 5 aromatic rings. The number of aromatic carboxylic acids is 1. The van der Waals surface area contributed by atoms with Crippen molar-refractivity contribution in [1.29, 1.82) is 0 Å². The van der Waals surface area contributed by atoms with E-state index in [1.54, 1.807) is 36.5 Å². The molecule has 1 aliphatic rings. The minimum absolute atomic E-state index is 0.167. The SMILES string of the molecule is O=C(O)c1ccc(-c2c(C3(O)CCOCC3)n(-c3ccc(F)cn3)c3cc4cn[nH]c4cc23)cc1. The number of hydrogen-bond acceptors (Lipinski definition) is 5. The highest BCUT2D eigenvalue weighted by molar-refractivity contribution is 6.06. The number of halogens is 1. The molecule has 1 aliphatic heterocycles. The maximum Gasteiger partial charge on any atom is 0.335 e. The van der Waals surface area contributed by atoms with Crippen molar-refractivity contribution in [3.63, 3.8) is 0 Å². The van der Waals surface area contributed by atoms with Gasteiger partial charge in [0.05, 0.1) is 34.7 Å². The van der Waals surface area contributed by atoms with Gasteiger partial charge in [0.15, 0.2) is 0 Å². The lowest BCUT2D eigenvalue weighted by atomic mass is 9.85. The summed E-state index contributed by atoms with van der Waals surface area (Å²) in [5.74, 6) is -1.02. The summed E-state index contributed by atoms with van der Waals surface area (Å²) in [5.41, 5.74) is 2.61. The molecule has 0 atom stereocenters. The van der Waals surface area contributed by atoms with Crippen LogP contribution in [0.25, 0.3) is 38.8 Å². The number of carboxylic acids is 1. The largest absolute Gasteiger partial charge is 0.478 e. The third kappa shape index (κ3) is 3.48. The minimum Gasteiger partial charge on any atom is -0.478 e. The highest BCUT2D eigenvalue weighted by Gasteiger charge is 2.39. The lowest BCUT2D eigenvalue weighted by molar-refractivity contribution is -0.0709. The molecule has 1 saturated heterocycles. The first-order chi connectivity index (χ1) is 16.9. The maximum absolute atomic E-state index is 13.8. The number of rotatable bonds is 4. The summed E-state index contributed by atoms with van der Waals surface area (Å²) < 4.78 is 21.2. The minimum atomic E-state index is -1.25. The number of aromatic amines is 1. The molecule has 8 nitrogen and oxygen atoms in total. The first kappa shape index (κ1) is 21.5. The molecule has 0 spiro atoms. The smallest absolute Gasteiger partial charge is 0.335 e. The lowest BCUT2D eigenvalue weighted by Gasteiger charge is -2.34. The third-order valence-corrected chi connectivity index (χ3v) is 6.65. The average Bonchev–Trinajstić information content (AvgIpc) is 3.46. The molecule has 35 heavy (non-hydrogen) atoms. The normalized spacial score (nSPS) is 15.6. The van der Waals surface area contributed by atoms with Gasteiger partial charge in [-0.3, -0.25) is 9.67 Å². The van der Waals surface area contributed by atoms with Gasteiger partial charge in [-0.15, -0.1) is 0 Å². The summed E-state index contributed by atoms with van der Waals surface area (Å²) in [5, 5.41) is 30.2. The van der Waals surface area contributed by atoms with Crippen LogP contribution in [0.1, 0.15) is 28.9 Å². The van der Waals surface area contributed by atoms with Gasteiger partial charge in [0, 0.05) is 42.4 Å². The molecule has 176 valence electrons. The van der Waals surface area contributed by atoms with Crippen LogP contribution in [-0.4, -0.2) is 49.1 Å². The summed E-state index contributed by atoms with van der Waals surface area (Å²) in [6.07, 6.45) is 3.60. The van der Waals surface area contributed by atoms with E-state index in [1.807, 2.05) is 16.7 Å². The number of H-pyrrole nitrogens is 1. The van der Waals surface area contributed by atoms with Gasteiger partial charge >= 0.3 is 5.97 Å². The Kier molecular flexibility index (Phi) is 4.91. The van der Waals surface area contributed by atoms with Crippen LogP contribution in [0, 0.1) is 5.82 Å². The molecule has 2 aromatic carbocycles. The molecule has 0 bridgehead atoms. The topological polar surface area (TPSA) is 113 Å². The highest BCUT2D eigenvalue weighted by atomic mass is 19.1. The van der Waals surface area contributed by atoms with Crippen molar-refractivity contribution in [3.05, 3.63) is 78.0 Å². The monoisotopic (exact) mass is 472 g/mol. The van der Waals surface area contributed by atoms with Gasteiger partial charge in [0.25, 0.3) is 0 Å². The van der Waals surface area contributed by atoms with Crippen molar-refractivity contribution < 1.29 is 24.1 Å². The molecule has 4 heterocycles. The molecule has 0 aliphatic carbocycles. The first-order valence-electron chi connectivity index (χ1n) is 11.2. The number of pyridine rings is 1. The number of carboxylic acid groups (broad SMARTS) is 1. The number of aliphatic hydroxyl groups is 1. The van der Waals surface area contributed by atoms with Gasteiger partial charge in [-0.05, 0) is 42.0 Å². The van der Waals surface area contributed by atoms with Crippen LogP contribution in [0.4, 0.5) is 4.39 Å². The zero-order chi connectivity index (χ0) is 24.2. The van der Waals surface area contributed by atoms with Gasteiger partial charge in [-0.2, -0.15) is 5.10 Å². The van der Waals surface area contributed by atoms with Crippen molar-refractivity contribution in [1.82, 2.24) is 19.7 Å². The molecule has 6 rings (SSSR count). The summed E-state index contributed by atoms with van der Waals surface area (Å²) in [6, 6.07) is 13.4. The molecule has 3 aromatic heterocycles. The fourth-order valence-electron chi connectivity index (χ4n) is 4.92. The lowest BCUT2D eigenvalue weighted by Crippen LogP contribution is -2.36. The van der Waals surface area contributed by atoms with Crippen LogP contribution in [-0.2, 0) is 10.3 Å². The Morgan fingerprint density at radius 2 is 1.86 bits per heavy atom. The molecular formula is C26H21FN4O4. The maximum atomic E-state index is 13.8. The van der Waals surface area contributed by atoms with Crippen LogP contribution < -0.4 is 0 Å². The van der Waals surface area contributed by atoms with E-state index < -0.39 is 17.4 Å². The highest BCUT2D eigenvalue weighted by Crippen LogP contribution is 2.46. The van der Waals surface area contributed by atoms with Crippen molar-refractivity contribution in [2.75, 3.05) is 13.2 Å². The van der Waals surface area contributed by atoms with Gasteiger partial charge < -0.3 is 14.9 Å². The fraction of sp³-hybridized carbons (Fsp3) is 0.192. The third-order valence-electron chi connectivity index (χ3n) is 6.65. The van der Waals surface area contributed by atoms with Gasteiger partial charge in [0.2, 0.25) is 0 Å². The van der Waals surface area contributed by atoms with Crippen molar-refractivity contribution in [2.24, 2.45) is 0 Å². The van der Waals surface area contributed by atoms with Gasteiger partial charge in [0.1, 0.15) is 17.2 Å². The molecule has 0 radical (unpaired) electrons. The van der Waals surface area contributed by atoms with Crippen LogP contribution in [0.2, 0.25) is 0 Å². The van der Waals surface area contributed by atoms with E-state index in [2.05, 4.69) is 15.2 Å². The predicted molar refractivity (Wildman–Crippen MR) is 127 cm³/mol. The quantitative estimate of drug-likeness (QED) is 0.357. The number of carbonyl (C=O) groups is 1. The van der Waals surface area contributed by atoms with Crippen molar-refractivity contribution >= 4 is 27.8 Å². The van der Waals surface area contributed by atoms with E-state index in [9.17, 15) is 19.4 Å². The van der Waals surface area contributed by atoms with Crippen LogP contribution in [0.15, 0.2) is 60.9 Å². The predicted octanol–water partition coefficient (Wildman–Crippen LogP) is 4.40. The zero-order valence-electron chi connectivity index (χ0n) is 18.5. The summed E-state index contributed by atoms with van der Waals surface area (Å²) in [4.78, 5) is 15.8. The standard InChI is InChI=1S/C26H21FN4O4/c27-18-5-6-22(28-14-18)31-21-11-17-13-29-30-20(17)12-19(21)23(15-1-3-16(4-2-15)25(32)33)24(31)26(34)7-9-35-10-8-26/h1-6,11-14,34H,7-10H2,(H,29,30)(H,32,33). The van der Waals surface area contributed by atoms with Gasteiger partial charge in [-0.25, -0.2) is 14.2 Å². The Labute approximate surface area is 198 Å². The van der Waals surface area contributed by atoms with Crippen LogP contribution >= 0.6 is 0 Å². The molecule has 0 amide bonds. The number of aromatic nitrogens is 4. The fourth-order valence-corrected chi connectivity index (χ4v) is 4.92. The second-order valence-electron chi connectivity index (χ2n) is 8.75. The first-order valence-corrected chi connectivity index (χ1v) is 11.2. The zero-order valence-corrected chi connectivity index (χ0v) is 18.5. The molecule has 0 unspecified atom stereocenters. The average molecular weight is 472 g/mol. The van der Waals surface area contributed by atoms with E-state index in [-0.39, 0.29) is 5.56 Å². The van der Waals surface area contributed by atoms with E-state index in [1.165, 1.54) is 6.07 Å². The summed E-state index contributed by atoms with van der Waals surface area (Å²) in [7, 11) is 0. The van der Waals surface area contributed by atoms with Crippen molar-refractivity contribution in [3.8, 4) is 16.9 Å². The number of nitrogens with one attached hydrogen (secondary N) is 1.